The van der Waals surface area contributed by atoms with Gasteiger partial charge in [-0.2, -0.15) is 0 Å². The fourth-order valence-corrected chi connectivity index (χ4v) is 2.89. The predicted molar refractivity (Wildman–Crippen MR) is 85.6 cm³/mol. The van der Waals surface area contributed by atoms with Crippen LogP contribution in [0, 0.1) is 17.3 Å². The molecule has 0 radical (unpaired) electrons. The summed E-state index contributed by atoms with van der Waals surface area (Å²) >= 11 is 0. The van der Waals surface area contributed by atoms with Gasteiger partial charge in [0.15, 0.2) is 0 Å². The van der Waals surface area contributed by atoms with Gasteiger partial charge in [0, 0.05) is 0 Å². The maximum atomic E-state index is 12.5. The Kier molecular flexibility index (Phi) is 9.86. The number of carbonyl (C=O) groups excluding carboxylic acids is 2. The molecule has 22 heavy (non-hydrogen) atoms. The highest BCUT2D eigenvalue weighted by Gasteiger charge is 2.40. The minimum absolute atomic E-state index is 0.164. The van der Waals surface area contributed by atoms with Crippen molar-refractivity contribution in [1.29, 1.82) is 0 Å². The second kappa shape index (κ2) is 10.5. The standard InChI is InChI=1S/C17H32O5/c1-7-20-15(18)17(11-13(3)4,12-14(5)6)9-10-22-16(19)21-8-2/h13-14H,7-12H2,1-6H3. The minimum atomic E-state index is -0.686. The van der Waals surface area contributed by atoms with E-state index in [9.17, 15) is 9.59 Å². The van der Waals surface area contributed by atoms with Gasteiger partial charge in [-0.1, -0.05) is 27.7 Å². The summed E-state index contributed by atoms with van der Waals surface area (Å²) in [6, 6.07) is 0. The molecule has 0 heterocycles. The highest BCUT2D eigenvalue weighted by Crippen LogP contribution is 2.38. The molecular formula is C17H32O5. The molecule has 0 aromatic rings. The van der Waals surface area contributed by atoms with Gasteiger partial charge in [-0.3, -0.25) is 4.79 Å². The van der Waals surface area contributed by atoms with Crippen LogP contribution in [-0.4, -0.2) is 31.9 Å². The summed E-state index contributed by atoms with van der Waals surface area (Å²) in [6.07, 6.45) is 1.21. The summed E-state index contributed by atoms with van der Waals surface area (Å²) in [6.45, 7) is 12.7. The van der Waals surface area contributed by atoms with Crippen molar-refractivity contribution in [2.75, 3.05) is 19.8 Å². The predicted octanol–water partition coefficient (Wildman–Crippen LogP) is 4.19. The lowest BCUT2D eigenvalue weighted by Crippen LogP contribution is -2.37. The van der Waals surface area contributed by atoms with Crippen LogP contribution in [0.15, 0.2) is 0 Å². The summed E-state index contributed by atoms with van der Waals surface area (Å²) in [7, 11) is 0. The van der Waals surface area contributed by atoms with Gasteiger partial charge >= 0.3 is 12.1 Å². The van der Waals surface area contributed by atoms with Crippen molar-refractivity contribution in [2.24, 2.45) is 17.3 Å². The molecule has 130 valence electrons. The van der Waals surface area contributed by atoms with E-state index in [1.807, 2.05) is 6.92 Å². The molecule has 0 spiro atoms. The molecular weight excluding hydrogens is 284 g/mol. The lowest BCUT2D eigenvalue weighted by Gasteiger charge is -2.34. The average Bonchev–Trinajstić information content (AvgIpc) is 2.37. The third-order valence-corrected chi connectivity index (χ3v) is 3.37. The first-order chi connectivity index (χ1) is 10.3. The van der Waals surface area contributed by atoms with E-state index < -0.39 is 11.6 Å². The Labute approximate surface area is 134 Å². The summed E-state index contributed by atoms with van der Waals surface area (Å²) in [5.41, 5.74) is -0.606. The molecule has 0 fully saturated rings. The molecule has 0 atom stereocenters. The smallest absolute Gasteiger partial charge is 0.466 e. The summed E-state index contributed by atoms with van der Waals surface area (Å²) in [4.78, 5) is 23.9. The molecule has 0 N–H and O–H groups in total. The van der Waals surface area contributed by atoms with Crippen LogP contribution in [0.4, 0.5) is 4.79 Å². The van der Waals surface area contributed by atoms with Gasteiger partial charge in [0.05, 0.1) is 25.2 Å². The van der Waals surface area contributed by atoms with Crippen LogP contribution in [0.2, 0.25) is 0 Å². The van der Waals surface area contributed by atoms with Gasteiger partial charge in [-0.25, -0.2) is 4.79 Å². The SMILES string of the molecule is CCOC(=O)OCCC(CC(C)C)(CC(C)C)C(=O)OCC. The Morgan fingerprint density at radius 1 is 0.864 bits per heavy atom. The van der Waals surface area contributed by atoms with E-state index in [-0.39, 0.29) is 19.2 Å². The first-order valence-corrected chi connectivity index (χ1v) is 8.24. The van der Waals surface area contributed by atoms with Gasteiger partial charge in [-0.15, -0.1) is 0 Å². The molecule has 0 unspecified atom stereocenters. The average molecular weight is 316 g/mol. The Balaban J connectivity index is 4.99. The van der Waals surface area contributed by atoms with Crippen molar-refractivity contribution in [2.45, 2.75) is 60.8 Å². The molecule has 0 aliphatic rings. The Bertz CT molecular complexity index is 326. The fourth-order valence-electron chi connectivity index (χ4n) is 2.89. The van der Waals surface area contributed by atoms with E-state index in [1.54, 1.807) is 6.92 Å². The van der Waals surface area contributed by atoms with E-state index in [0.29, 0.717) is 24.9 Å². The Morgan fingerprint density at radius 2 is 1.36 bits per heavy atom. The zero-order valence-electron chi connectivity index (χ0n) is 14.9. The van der Waals surface area contributed by atoms with Gasteiger partial charge in [-0.05, 0) is 44.9 Å². The second-order valence-corrected chi connectivity index (χ2v) is 6.48. The molecule has 0 saturated heterocycles. The third kappa shape index (κ3) is 7.66. The molecule has 0 bridgehead atoms. The fraction of sp³-hybridized carbons (Fsp3) is 0.882. The minimum Gasteiger partial charge on any atom is -0.466 e. The zero-order chi connectivity index (χ0) is 17.2. The molecule has 0 rings (SSSR count). The lowest BCUT2D eigenvalue weighted by molar-refractivity contribution is -0.159. The topological polar surface area (TPSA) is 61.8 Å². The van der Waals surface area contributed by atoms with Crippen LogP contribution >= 0.6 is 0 Å². The summed E-state index contributed by atoms with van der Waals surface area (Å²) < 4.78 is 15.1. The maximum Gasteiger partial charge on any atom is 0.508 e. The quantitative estimate of drug-likeness (QED) is 0.565. The monoisotopic (exact) mass is 316 g/mol. The van der Waals surface area contributed by atoms with Crippen LogP contribution in [0.25, 0.3) is 0 Å². The largest absolute Gasteiger partial charge is 0.508 e. The number of rotatable bonds is 10. The van der Waals surface area contributed by atoms with Crippen molar-refractivity contribution >= 4 is 12.1 Å². The van der Waals surface area contributed by atoms with Crippen molar-refractivity contribution < 1.29 is 23.8 Å². The molecule has 5 nitrogen and oxygen atoms in total. The highest BCUT2D eigenvalue weighted by atomic mass is 16.7. The van der Waals surface area contributed by atoms with Crippen LogP contribution in [0.3, 0.4) is 0 Å². The first-order valence-electron chi connectivity index (χ1n) is 8.24. The summed E-state index contributed by atoms with van der Waals surface area (Å²) in [5.74, 6) is 0.515. The number of hydrogen-bond donors (Lipinski definition) is 0. The van der Waals surface area contributed by atoms with Crippen LogP contribution in [-0.2, 0) is 19.0 Å². The van der Waals surface area contributed by atoms with Crippen LogP contribution < -0.4 is 0 Å². The van der Waals surface area contributed by atoms with E-state index in [4.69, 9.17) is 14.2 Å². The van der Waals surface area contributed by atoms with Crippen LogP contribution in [0.5, 0.6) is 0 Å². The number of esters is 1. The molecule has 0 saturated carbocycles. The van der Waals surface area contributed by atoms with Gasteiger partial charge < -0.3 is 14.2 Å². The number of carbonyl (C=O) groups is 2. The molecule has 5 heteroatoms. The van der Waals surface area contributed by atoms with Crippen molar-refractivity contribution in [3.63, 3.8) is 0 Å². The molecule has 0 amide bonds. The van der Waals surface area contributed by atoms with Crippen molar-refractivity contribution in [1.82, 2.24) is 0 Å². The lowest BCUT2D eigenvalue weighted by atomic mass is 9.72. The Morgan fingerprint density at radius 3 is 1.77 bits per heavy atom. The van der Waals surface area contributed by atoms with Crippen molar-refractivity contribution in [3.05, 3.63) is 0 Å². The van der Waals surface area contributed by atoms with E-state index in [1.165, 1.54) is 0 Å². The van der Waals surface area contributed by atoms with Crippen LogP contribution in [0.1, 0.15) is 60.8 Å². The Hall–Kier alpha value is -1.26. The second-order valence-electron chi connectivity index (χ2n) is 6.48. The maximum absolute atomic E-state index is 12.5. The highest BCUT2D eigenvalue weighted by molar-refractivity contribution is 5.77. The molecule has 0 aromatic heterocycles. The first kappa shape index (κ1) is 20.7. The third-order valence-electron chi connectivity index (χ3n) is 3.37. The van der Waals surface area contributed by atoms with Gasteiger partial charge in [0.2, 0.25) is 0 Å². The summed E-state index contributed by atoms with van der Waals surface area (Å²) in [5, 5.41) is 0. The molecule has 0 aromatic carbocycles. The van der Waals surface area contributed by atoms with E-state index >= 15 is 0 Å². The molecule has 0 aliphatic heterocycles. The van der Waals surface area contributed by atoms with Gasteiger partial charge in [0.1, 0.15) is 0 Å². The molecule has 0 aliphatic carbocycles. The normalized spacial score (nSPS) is 11.6. The number of ether oxygens (including phenoxy) is 3. The van der Waals surface area contributed by atoms with E-state index in [0.717, 1.165) is 12.8 Å². The van der Waals surface area contributed by atoms with Gasteiger partial charge in [0.25, 0.3) is 0 Å². The van der Waals surface area contributed by atoms with E-state index in [2.05, 4.69) is 27.7 Å². The number of hydrogen-bond acceptors (Lipinski definition) is 5. The van der Waals surface area contributed by atoms with Crippen molar-refractivity contribution in [3.8, 4) is 0 Å². The zero-order valence-corrected chi connectivity index (χ0v) is 14.9.